The first-order valence-corrected chi connectivity index (χ1v) is 14.0. The molecule has 0 aliphatic carbocycles. The minimum absolute atomic E-state index is 0. The van der Waals surface area contributed by atoms with Crippen molar-refractivity contribution in [2.24, 2.45) is 0 Å². The third-order valence-corrected chi connectivity index (χ3v) is 6.48. The van der Waals surface area contributed by atoms with Crippen LogP contribution in [0.1, 0.15) is 96.8 Å². The van der Waals surface area contributed by atoms with Crippen LogP contribution in [0.4, 0.5) is 0 Å². The maximum absolute atomic E-state index is 11.8. The Morgan fingerprint density at radius 3 is 2.22 bits per heavy atom. The van der Waals surface area contributed by atoms with Gasteiger partial charge in [-0.3, -0.25) is 14.1 Å². The van der Waals surface area contributed by atoms with Crippen LogP contribution < -0.4 is 69.5 Å². The van der Waals surface area contributed by atoms with Crippen molar-refractivity contribution in [3.8, 4) is 0 Å². The van der Waals surface area contributed by atoms with Gasteiger partial charge in [-0.05, 0) is 32.1 Å². The molecule has 0 radical (unpaired) electrons. The summed E-state index contributed by atoms with van der Waals surface area (Å²) in [7, 11) is -4.98. The van der Waals surface area contributed by atoms with Gasteiger partial charge in [0.2, 0.25) is 5.91 Å². The molecule has 13 heteroatoms. The number of aliphatic carboxylic acids is 1. The zero-order chi connectivity index (χ0) is 26.5. The summed E-state index contributed by atoms with van der Waals surface area (Å²) >= 11 is 0. The van der Waals surface area contributed by atoms with Gasteiger partial charge in [-0.15, -0.1) is 0 Å². The van der Waals surface area contributed by atoms with Gasteiger partial charge in [0.05, 0.1) is 25.0 Å². The molecule has 2 unspecified atom stereocenters. The van der Waals surface area contributed by atoms with Crippen molar-refractivity contribution in [1.82, 2.24) is 5.32 Å². The fourth-order valence-corrected chi connectivity index (χ4v) is 3.93. The number of carboxylic acids is 1. The van der Waals surface area contributed by atoms with Crippen molar-refractivity contribution in [3.05, 3.63) is 12.2 Å². The molecule has 204 valence electrons. The molecule has 0 fully saturated rings. The molecule has 2 atom stereocenters. The molecule has 37 heavy (non-hydrogen) atoms. The van der Waals surface area contributed by atoms with Crippen LogP contribution in [0.2, 0.25) is 0 Å². The van der Waals surface area contributed by atoms with Gasteiger partial charge < -0.3 is 25.1 Å². The number of ether oxygens (including phenoxy) is 1. The molecule has 0 rings (SSSR count). The van der Waals surface area contributed by atoms with E-state index in [1.165, 1.54) is 19.3 Å². The molecule has 0 bridgehead atoms. The van der Waals surface area contributed by atoms with Gasteiger partial charge in [0.15, 0.2) is 0 Å². The normalized spacial score (nSPS) is 12.7. The standard InChI is InChI=1S/C24H43NO9S.2Na/c1-2-3-4-11-14-20(26)15-12-9-7-5-6-8-10-13-16-22(27)25-17-18-34-23(28)19-21(24(29)30)35(31,32)33;;/h9,12,20-21,26H,2-8,10-11,13-19H2,1H3,(H,25,27)(H,29,30)(H,31,32,33);;/q;2*+1/p-1. The number of unbranched alkanes of at least 4 members (excludes halogenated alkanes) is 8. The number of amides is 1. The molecule has 0 saturated carbocycles. The van der Waals surface area contributed by atoms with Crippen LogP contribution >= 0.6 is 0 Å². The molecular weight excluding hydrogens is 524 g/mol. The summed E-state index contributed by atoms with van der Waals surface area (Å²) in [5.74, 6) is -3.44. The minimum atomic E-state index is -4.98. The van der Waals surface area contributed by atoms with E-state index in [-0.39, 0.29) is 84.3 Å². The van der Waals surface area contributed by atoms with Crippen molar-refractivity contribution >= 4 is 28.0 Å². The van der Waals surface area contributed by atoms with E-state index in [2.05, 4.69) is 29.1 Å². The summed E-state index contributed by atoms with van der Waals surface area (Å²) in [6, 6.07) is 0. The zero-order valence-electron chi connectivity index (χ0n) is 22.8. The Morgan fingerprint density at radius 2 is 1.59 bits per heavy atom. The van der Waals surface area contributed by atoms with E-state index in [4.69, 9.17) is 4.55 Å². The molecule has 0 aliphatic rings. The number of allylic oxidation sites excluding steroid dienone is 1. The smallest absolute Gasteiger partial charge is 0.549 e. The Labute approximate surface area is 266 Å². The van der Waals surface area contributed by atoms with Crippen LogP contribution in [-0.2, 0) is 29.2 Å². The SMILES string of the molecule is CCCCCCC(O)CC=CCCCCCCCC(=O)NCCOC(=O)CC(C(=O)[O-])S(=O)(=O)O.[Na+].[Na+]. The maximum atomic E-state index is 11.8. The third kappa shape index (κ3) is 26.0. The molecule has 0 aromatic heterocycles. The number of nitrogens with one attached hydrogen (secondary N) is 1. The summed E-state index contributed by atoms with van der Waals surface area (Å²) in [6.07, 6.45) is 15.3. The number of aliphatic hydroxyl groups is 1. The van der Waals surface area contributed by atoms with Crippen molar-refractivity contribution in [2.45, 2.75) is 108 Å². The second kappa shape index (κ2) is 26.3. The van der Waals surface area contributed by atoms with Gasteiger partial charge in [-0.1, -0.05) is 64.0 Å². The number of esters is 1. The van der Waals surface area contributed by atoms with E-state index < -0.39 is 33.7 Å². The first kappa shape index (κ1) is 41.5. The summed E-state index contributed by atoms with van der Waals surface area (Å²) < 4.78 is 35.2. The van der Waals surface area contributed by atoms with Crippen LogP contribution in [0, 0.1) is 0 Å². The first-order valence-electron chi connectivity index (χ1n) is 12.5. The molecule has 3 N–H and O–H groups in total. The monoisotopic (exact) mass is 566 g/mol. The number of aliphatic hydroxyl groups excluding tert-OH is 1. The number of carboxylic acid groups (broad SMARTS) is 1. The van der Waals surface area contributed by atoms with E-state index in [9.17, 15) is 33.0 Å². The molecule has 0 heterocycles. The predicted molar refractivity (Wildman–Crippen MR) is 130 cm³/mol. The van der Waals surface area contributed by atoms with Gasteiger partial charge in [-0.2, -0.15) is 8.42 Å². The largest absolute Gasteiger partial charge is 1.00 e. The number of carbonyl (C=O) groups excluding carboxylic acids is 3. The summed E-state index contributed by atoms with van der Waals surface area (Å²) in [5, 5.41) is 20.7. The fourth-order valence-electron chi connectivity index (χ4n) is 3.34. The van der Waals surface area contributed by atoms with Crippen molar-refractivity contribution in [2.75, 3.05) is 13.2 Å². The van der Waals surface area contributed by atoms with Crippen molar-refractivity contribution in [3.63, 3.8) is 0 Å². The number of rotatable bonds is 22. The second-order valence-electron chi connectivity index (χ2n) is 8.61. The zero-order valence-corrected chi connectivity index (χ0v) is 27.6. The molecule has 0 aliphatic heterocycles. The molecular formula is C24H42NNa2O9S+. The molecule has 1 amide bonds. The number of hydrogen-bond donors (Lipinski definition) is 3. The van der Waals surface area contributed by atoms with Crippen LogP contribution in [0.3, 0.4) is 0 Å². The van der Waals surface area contributed by atoms with Crippen LogP contribution in [-0.4, -0.2) is 60.4 Å². The van der Waals surface area contributed by atoms with Crippen LogP contribution in [0.25, 0.3) is 0 Å². The molecule has 0 saturated heterocycles. The Kier molecular flexibility index (Phi) is 29.4. The second-order valence-corrected chi connectivity index (χ2v) is 10.2. The van der Waals surface area contributed by atoms with E-state index in [0.717, 1.165) is 51.4 Å². The van der Waals surface area contributed by atoms with Gasteiger partial charge >= 0.3 is 65.1 Å². The number of hydrogen-bond acceptors (Lipinski definition) is 8. The Balaban J connectivity index is -0.00000578. The first-order chi connectivity index (χ1) is 16.6. The number of carbonyl (C=O) groups is 3. The average Bonchev–Trinajstić information content (AvgIpc) is 2.78. The summed E-state index contributed by atoms with van der Waals surface area (Å²) in [6.45, 7) is 1.93. The molecule has 0 aromatic rings. The molecule has 0 aromatic carbocycles. The maximum Gasteiger partial charge on any atom is 1.00 e. The van der Waals surface area contributed by atoms with Gasteiger partial charge in [-0.25, -0.2) is 0 Å². The van der Waals surface area contributed by atoms with Crippen molar-refractivity contribution < 1.29 is 101 Å². The van der Waals surface area contributed by atoms with E-state index in [1.807, 2.05) is 0 Å². The van der Waals surface area contributed by atoms with E-state index >= 15 is 0 Å². The summed E-state index contributed by atoms with van der Waals surface area (Å²) in [5.41, 5.74) is 0. The van der Waals surface area contributed by atoms with E-state index in [0.29, 0.717) is 12.8 Å². The Bertz CT molecular complexity index is 749. The Hall–Kier alpha value is 0.0200. The minimum Gasteiger partial charge on any atom is -0.549 e. The fraction of sp³-hybridized carbons (Fsp3) is 0.792. The van der Waals surface area contributed by atoms with Gasteiger partial charge in [0.25, 0.3) is 10.1 Å². The quantitative estimate of drug-likeness (QED) is 0.0389. The van der Waals surface area contributed by atoms with E-state index in [1.54, 1.807) is 0 Å². The molecule has 10 nitrogen and oxygen atoms in total. The summed E-state index contributed by atoms with van der Waals surface area (Å²) in [4.78, 5) is 33.9. The predicted octanol–water partition coefficient (Wildman–Crippen LogP) is -3.94. The van der Waals surface area contributed by atoms with Crippen molar-refractivity contribution in [1.29, 1.82) is 0 Å². The van der Waals surface area contributed by atoms with Gasteiger partial charge in [0.1, 0.15) is 11.9 Å². The van der Waals surface area contributed by atoms with Crippen LogP contribution in [0.15, 0.2) is 12.2 Å². The molecule has 0 spiro atoms. The topological polar surface area (TPSA) is 170 Å². The van der Waals surface area contributed by atoms with Gasteiger partial charge in [0, 0.05) is 6.42 Å². The average molecular weight is 567 g/mol. The third-order valence-electron chi connectivity index (χ3n) is 5.40. The Morgan fingerprint density at radius 1 is 0.973 bits per heavy atom. The van der Waals surface area contributed by atoms with Crippen LogP contribution in [0.5, 0.6) is 0 Å².